The summed E-state index contributed by atoms with van der Waals surface area (Å²) in [5, 5.41) is 3.01. The third-order valence-corrected chi connectivity index (χ3v) is 6.79. The number of carbonyl (C=O) groups excluding carboxylic acids is 2. The van der Waals surface area contributed by atoms with Crippen molar-refractivity contribution in [3.63, 3.8) is 0 Å². The van der Waals surface area contributed by atoms with E-state index in [1.54, 1.807) is 0 Å². The van der Waals surface area contributed by atoms with Gasteiger partial charge in [-0.25, -0.2) is 0 Å². The lowest BCUT2D eigenvalue weighted by Crippen LogP contribution is -2.38. The minimum Gasteiger partial charge on any atom is -0.491 e. The van der Waals surface area contributed by atoms with Gasteiger partial charge in [-0.15, -0.1) is 0 Å². The summed E-state index contributed by atoms with van der Waals surface area (Å²) in [6.45, 7) is 4.48. The third-order valence-electron chi connectivity index (χ3n) is 6.79. The molecule has 0 saturated carbocycles. The normalized spacial score (nSPS) is 19.6. The molecule has 1 amide bonds. The highest BCUT2D eigenvalue weighted by molar-refractivity contribution is 6.02. The van der Waals surface area contributed by atoms with E-state index in [1.807, 2.05) is 92.7 Å². The van der Waals surface area contributed by atoms with Crippen molar-refractivity contribution in [2.45, 2.75) is 57.7 Å². The first-order chi connectivity index (χ1) is 17.5. The van der Waals surface area contributed by atoms with Gasteiger partial charge in [0.05, 0.1) is 6.10 Å². The molecule has 5 rings (SSSR count). The minimum atomic E-state index is -0.229. The molecular weight excluding hydrogens is 450 g/mol. The Morgan fingerprint density at radius 1 is 0.806 bits per heavy atom. The molecule has 5 heteroatoms. The van der Waals surface area contributed by atoms with Crippen LogP contribution in [0.3, 0.4) is 0 Å². The van der Waals surface area contributed by atoms with Crippen molar-refractivity contribution in [2.75, 3.05) is 0 Å². The van der Waals surface area contributed by atoms with Gasteiger partial charge in [0.2, 0.25) is 5.91 Å². The van der Waals surface area contributed by atoms with Crippen LogP contribution in [0.15, 0.2) is 90.1 Å². The van der Waals surface area contributed by atoms with Crippen molar-refractivity contribution < 1.29 is 19.1 Å². The average molecular weight is 482 g/mol. The molecule has 184 valence electrons. The Hall–Kier alpha value is -3.86. The molecule has 0 aromatic heterocycles. The smallest absolute Gasteiger partial charge is 0.225 e. The first kappa shape index (κ1) is 23.9. The number of nitrogens with one attached hydrogen (secondary N) is 1. The van der Waals surface area contributed by atoms with Gasteiger partial charge in [-0.1, -0.05) is 54.6 Å². The summed E-state index contributed by atoms with van der Waals surface area (Å²) in [6.07, 6.45) is 1.47. The van der Waals surface area contributed by atoms with Crippen molar-refractivity contribution in [1.82, 2.24) is 5.32 Å². The van der Waals surface area contributed by atoms with Crippen LogP contribution in [0, 0.1) is 0 Å². The summed E-state index contributed by atoms with van der Waals surface area (Å²) in [5.41, 5.74) is 4.67. The van der Waals surface area contributed by atoms with Crippen LogP contribution in [0.25, 0.3) is 0 Å². The van der Waals surface area contributed by atoms with E-state index in [2.05, 4.69) is 5.32 Å². The Bertz CT molecular complexity index is 1260. The molecule has 3 aromatic rings. The maximum absolute atomic E-state index is 13.4. The van der Waals surface area contributed by atoms with Crippen LogP contribution in [-0.4, -0.2) is 17.8 Å². The van der Waals surface area contributed by atoms with Crippen LogP contribution < -0.4 is 14.8 Å². The molecular formula is C31H31NO4. The maximum Gasteiger partial charge on any atom is 0.225 e. The number of ketones is 1. The zero-order valence-corrected chi connectivity index (χ0v) is 20.7. The maximum atomic E-state index is 13.4. The second-order valence-electron chi connectivity index (χ2n) is 9.80. The highest BCUT2D eigenvalue weighted by Gasteiger charge is 2.38. The van der Waals surface area contributed by atoms with E-state index in [1.165, 1.54) is 0 Å². The molecule has 2 aliphatic rings. The topological polar surface area (TPSA) is 64.6 Å². The van der Waals surface area contributed by atoms with Crippen LogP contribution in [-0.2, 0) is 16.2 Å². The first-order valence-corrected chi connectivity index (χ1v) is 12.6. The number of allylic oxidation sites excluding steroid dienone is 2. The number of hydrogen-bond acceptors (Lipinski definition) is 4. The summed E-state index contributed by atoms with van der Waals surface area (Å²) in [7, 11) is 0. The number of carbonyl (C=O) groups is 2. The Morgan fingerprint density at radius 2 is 1.47 bits per heavy atom. The lowest BCUT2D eigenvalue weighted by Gasteiger charge is -2.34. The molecule has 1 heterocycles. The van der Waals surface area contributed by atoms with Crippen molar-refractivity contribution in [2.24, 2.45) is 0 Å². The van der Waals surface area contributed by atoms with Crippen LogP contribution in [0.1, 0.15) is 61.6 Å². The van der Waals surface area contributed by atoms with Crippen LogP contribution >= 0.6 is 0 Å². The quantitative estimate of drug-likeness (QED) is 0.446. The zero-order chi connectivity index (χ0) is 25.1. The summed E-state index contributed by atoms with van der Waals surface area (Å²) in [5.74, 6) is 1.45. The monoisotopic (exact) mass is 481 g/mol. The predicted octanol–water partition coefficient (Wildman–Crippen LogP) is 6.06. The van der Waals surface area contributed by atoms with Gasteiger partial charge in [0.25, 0.3) is 0 Å². The largest absolute Gasteiger partial charge is 0.491 e. The second kappa shape index (κ2) is 10.4. The molecule has 1 aliphatic heterocycles. The van der Waals surface area contributed by atoms with E-state index in [4.69, 9.17) is 9.47 Å². The van der Waals surface area contributed by atoms with Gasteiger partial charge in [-0.2, -0.15) is 0 Å². The van der Waals surface area contributed by atoms with Gasteiger partial charge < -0.3 is 14.8 Å². The van der Waals surface area contributed by atoms with Gasteiger partial charge in [0.1, 0.15) is 18.1 Å². The molecule has 0 radical (unpaired) electrons. The summed E-state index contributed by atoms with van der Waals surface area (Å²) in [6, 6.07) is 25.8. The Kier molecular flexibility index (Phi) is 6.90. The Labute approximate surface area is 212 Å². The van der Waals surface area contributed by atoms with Crippen molar-refractivity contribution in [3.8, 4) is 11.5 Å². The van der Waals surface area contributed by atoms with E-state index in [0.717, 1.165) is 39.5 Å². The molecule has 2 atom stereocenters. The lowest BCUT2D eigenvalue weighted by atomic mass is 9.73. The van der Waals surface area contributed by atoms with E-state index in [0.29, 0.717) is 19.4 Å². The van der Waals surface area contributed by atoms with Crippen molar-refractivity contribution >= 4 is 11.7 Å². The molecule has 0 saturated heterocycles. The number of Topliss-reactive ketones (excluding diaryl/α,β-unsaturated/α-hetero) is 1. The van der Waals surface area contributed by atoms with E-state index in [-0.39, 0.29) is 36.1 Å². The second-order valence-corrected chi connectivity index (χ2v) is 9.80. The van der Waals surface area contributed by atoms with Gasteiger partial charge in [-0.3, -0.25) is 9.59 Å². The van der Waals surface area contributed by atoms with Crippen molar-refractivity contribution in [1.29, 1.82) is 0 Å². The van der Waals surface area contributed by atoms with E-state index < -0.39 is 0 Å². The Balaban J connectivity index is 1.32. The molecule has 1 N–H and O–H groups in total. The van der Waals surface area contributed by atoms with Crippen LogP contribution in [0.5, 0.6) is 11.5 Å². The highest BCUT2D eigenvalue weighted by Crippen LogP contribution is 2.43. The SMILES string of the molecule is CC(C)Oc1ccc(C2CC(=O)C3=C(C2)NC(=O)CC3c2ccc(OCc3ccccc3)cc2)cc1. The first-order valence-electron chi connectivity index (χ1n) is 12.6. The molecule has 3 aromatic carbocycles. The number of amides is 1. The lowest BCUT2D eigenvalue weighted by molar-refractivity contribution is -0.122. The number of benzene rings is 3. The van der Waals surface area contributed by atoms with Gasteiger partial charge in [0.15, 0.2) is 5.78 Å². The zero-order valence-electron chi connectivity index (χ0n) is 20.7. The molecule has 36 heavy (non-hydrogen) atoms. The van der Waals surface area contributed by atoms with Gasteiger partial charge >= 0.3 is 0 Å². The van der Waals surface area contributed by atoms with Crippen molar-refractivity contribution in [3.05, 3.63) is 107 Å². The average Bonchev–Trinajstić information content (AvgIpc) is 2.88. The van der Waals surface area contributed by atoms with Crippen LogP contribution in [0.2, 0.25) is 0 Å². The number of rotatable bonds is 7. The molecule has 0 bridgehead atoms. The predicted molar refractivity (Wildman–Crippen MR) is 139 cm³/mol. The molecule has 0 spiro atoms. The fraction of sp³-hybridized carbons (Fsp3) is 0.290. The summed E-state index contributed by atoms with van der Waals surface area (Å²) >= 11 is 0. The summed E-state index contributed by atoms with van der Waals surface area (Å²) in [4.78, 5) is 26.0. The number of hydrogen-bond donors (Lipinski definition) is 1. The fourth-order valence-electron chi connectivity index (χ4n) is 5.11. The standard InChI is InChI=1S/C31H31NO4/c1-20(2)36-26-14-8-22(9-15-26)24-16-28-31(29(33)17-24)27(18-30(34)32-28)23-10-12-25(13-11-23)35-19-21-6-4-3-5-7-21/h3-15,20,24,27H,16-19H2,1-2H3,(H,32,34). The third kappa shape index (κ3) is 5.35. The molecule has 5 nitrogen and oxygen atoms in total. The highest BCUT2D eigenvalue weighted by atomic mass is 16.5. The molecule has 1 aliphatic carbocycles. The molecule has 2 unspecified atom stereocenters. The van der Waals surface area contributed by atoms with E-state index in [9.17, 15) is 9.59 Å². The fourth-order valence-corrected chi connectivity index (χ4v) is 5.11. The minimum absolute atomic E-state index is 0.0390. The van der Waals surface area contributed by atoms with Gasteiger partial charge in [0, 0.05) is 30.0 Å². The number of ether oxygens (including phenoxy) is 2. The summed E-state index contributed by atoms with van der Waals surface area (Å²) < 4.78 is 11.7. The van der Waals surface area contributed by atoms with Crippen LogP contribution in [0.4, 0.5) is 0 Å². The van der Waals surface area contributed by atoms with E-state index >= 15 is 0 Å². The molecule has 0 fully saturated rings. The van der Waals surface area contributed by atoms with Gasteiger partial charge in [-0.05, 0) is 67.1 Å². The Morgan fingerprint density at radius 3 is 2.17 bits per heavy atom.